The Balaban J connectivity index is 1.88. The van der Waals surface area contributed by atoms with Crippen molar-refractivity contribution < 1.29 is 0 Å². The molecule has 0 fully saturated rings. The molecule has 3 nitrogen and oxygen atoms in total. The second kappa shape index (κ2) is 6.02. The van der Waals surface area contributed by atoms with Crippen molar-refractivity contribution in [3.63, 3.8) is 0 Å². The topological polar surface area (TPSA) is 45.8 Å². The summed E-state index contributed by atoms with van der Waals surface area (Å²) >= 11 is 0. The number of hydrogen-bond donors (Lipinski definition) is 1. The van der Waals surface area contributed by atoms with E-state index >= 15 is 0 Å². The lowest BCUT2D eigenvalue weighted by Gasteiger charge is -2.08. The first-order chi connectivity index (χ1) is 12.1. The standard InChI is InChI=1S/C22H18N2O/c1-14-6-3-8-16(12-14)17-9-5-10-18(13-17)21-23-20-15(2)7-4-11-19(20)22(25)24-21/h3-13H,1-2H3,(H,23,24,25). The van der Waals surface area contributed by atoms with Gasteiger partial charge in [0, 0.05) is 5.56 Å². The van der Waals surface area contributed by atoms with Gasteiger partial charge in [-0.1, -0.05) is 60.2 Å². The van der Waals surface area contributed by atoms with E-state index in [1.54, 1.807) is 6.07 Å². The minimum Gasteiger partial charge on any atom is -0.306 e. The molecule has 0 amide bonds. The van der Waals surface area contributed by atoms with Gasteiger partial charge >= 0.3 is 0 Å². The maximum Gasteiger partial charge on any atom is 0.259 e. The maximum absolute atomic E-state index is 12.4. The Kier molecular flexibility index (Phi) is 3.69. The fraction of sp³-hybridized carbons (Fsp3) is 0.0909. The van der Waals surface area contributed by atoms with E-state index in [-0.39, 0.29) is 5.56 Å². The highest BCUT2D eigenvalue weighted by atomic mass is 16.1. The molecule has 0 bridgehead atoms. The molecule has 0 spiro atoms. The Hall–Kier alpha value is -3.20. The molecule has 0 aliphatic rings. The highest BCUT2D eigenvalue weighted by Crippen LogP contribution is 2.25. The second-order valence-electron chi connectivity index (χ2n) is 6.34. The molecule has 4 aromatic rings. The van der Waals surface area contributed by atoms with Crippen LogP contribution in [0.4, 0.5) is 0 Å². The normalized spacial score (nSPS) is 11.0. The number of aromatic nitrogens is 2. The first kappa shape index (κ1) is 15.3. The third-order valence-corrected chi connectivity index (χ3v) is 4.43. The zero-order chi connectivity index (χ0) is 17.4. The predicted molar refractivity (Wildman–Crippen MR) is 103 cm³/mol. The number of nitrogens with zero attached hydrogens (tertiary/aromatic N) is 1. The summed E-state index contributed by atoms with van der Waals surface area (Å²) < 4.78 is 0. The molecular formula is C22H18N2O. The molecule has 0 atom stereocenters. The molecule has 0 saturated heterocycles. The van der Waals surface area contributed by atoms with Crippen LogP contribution in [0.5, 0.6) is 0 Å². The Labute approximate surface area is 146 Å². The number of nitrogens with one attached hydrogen (secondary N) is 1. The quantitative estimate of drug-likeness (QED) is 0.571. The van der Waals surface area contributed by atoms with Crippen molar-refractivity contribution >= 4 is 10.9 Å². The highest BCUT2D eigenvalue weighted by molar-refractivity contribution is 5.82. The van der Waals surface area contributed by atoms with Gasteiger partial charge in [-0.2, -0.15) is 0 Å². The van der Waals surface area contributed by atoms with Crippen LogP contribution < -0.4 is 5.56 Å². The van der Waals surface area contributed by atoms with Crippen LogP contribution >= 0.6 is 0 Å². The van der Waals surface area contributed by atoms with E-state index in [9.17, 15) is 4.79 Å². The van der Waals surface area contributed by atoms with Gasteiger partial charge in [0.25, 0.3) is 5.56 Å². The van der Waals surface area contributed by atoms with Crippen molar-refractivity contribution in [3.8, 4) is 22.5 Å². The molecule has 3 aromatic carbocycles. The van der Waals surface area contributed by atoms with E-state index in [2.05, 4.69) is 48.3 Å². The van der Waals surface area contributed by atoms with Crippen molar-refractivity contribution in [1.82, 2.24) is 9.97 Å². The largest absolute Gasteiger partial charge is 0.306 e. The van der Waals surface area contributed by atoms with Crippen LogP contribution in [0, 0.1) is 13.8 Å². The van der Waals surface area contributed by atoms with Crippen molar-refractivity contribution in [1.29, 1.82) is 0 Å². The number of aromatic amines is 1. The van der Waals surface area contributed by atoms with Crippen molar-refractivity contribution in [3.05, 3.63) is 88.2 Å². The fourth-order valence-corrected chi connectivity index (χ4v) is 3.11. The molecule has 3 heteroatoms. The summed E-state index contributed by atoms with van der Waals surface area (Å²) in [7, 11) is 0. The molecule has 122 valence electrons. The van der Waals surface area contributed by atoms with Crippen LogP contribution in [0.15, 0.2) is 71.5 Å². The first-order valence-corrected chi connectivity index (χ1v) is 8.29. The number of rotatable bonds is 2. The zero-order valence-electron chi connectivity index (χ0n) is 14.2. The minimum atomic E-state index is -0.107. The lowest BCUT2D eigenvalue weighted by atomic mass is 10.0. The van der Waals surface area contributed by atoms with E-state index in [0.717, 1.165) is 27.8 Å². The molecule has 1 aromatic heterocycles. The molecule has 0 aliphatic heterocycles. The number of hydrogen-bond acceptors (Lipinski definition) is 2. The van der Waals surface area contributed by atoms with Crippen molar-refractivity contribution in [2.45, 2.75) is 13.8 Å². The van der Waals surface area contributed by atoms with E-state index < -0.39 is 0 Å². The summed E-state index contributed by atoms with van der Waals surface area (Å²) in [6, 6.07) is 22.1. The molecule has 0 unspecified atom stereocenters. The Morgan fingerprint density at radius 2 is 1.48 bits per heavy atom. The fourth-order valence-electron chi connectivity index (χ4n) is 3.11. The monoisotopic (exact) mass is 326 g/mol. The van der Waals surface area contributed by atoms with E-state index in [0.29, 0.717) is 11.2 Å². The number of aryl methyl sites for hydroxylation is 2. The molecule has 25 heavy (non-hydrogen) atoms. The summed E-state index contributed by atoms with van der Waals surface area (Å²) in [6.07, 6.45) is 0. The van der Waals surface area contributed by atoms with Gasteiger partial charge in [0.05, 0.1) is 10.9 Å². The maximum atomic E-state index is 12.4. The Morgan fingerprint density at radius 1 is 0.800 bits per heavy atom. The van der Waals surface area contributed by atoms with E-state index in [4.69, 9.17) is 4.98 Å². The predicted octanol–water partition coefficient (Wildman–Crippen LogP) is 4.87. The average molecular weight is 326 g/mol. The highest BCUT2D eigenvalue weighted by Gasteiger charge is 2.08. The minimum absolute atomic E-state index is 0.107. The van der Waals surface area contributed by atoms with Crippen LogP contribution in [-0.2, 0) is 0 Å². The van der Waals surface area contributed by atoms with Gasteiger partial charge in [0.1, 0.15) is 5.82 Å². The summed E-state index contributed by atoms with van der Waals surface area (Å²) in [5, 5.41) is 0.624. The van der Waals surface area contributed by atoms with Crippen molar-refractivity contribution in [2.24, 2.45) is 0 Å². The molecule has 0 radical (unpaired) electrons. The van der Waals surface area contributed by atoms with Gasteiger partial charge in [-0.3, -0.25) is 4.79 Å². The zero-order valence-corrected chi connectivity index (χ0v) is 14.2. The van der Waals surface area contributed by atoms with Crippen LogP contribution in [0.25, 0.3) is 33.4 Å². The molecule has 1 N–H and O–H groups in total. The van der Waals surface area contributed by atoms with Crippen LogP contribution in [-0.4, -0.2) is 9.97 Å². The van der Waals surface area contributed by atoms with Gasteiger partial charge in [-0.15, -0.1) is 0 Å². The third kappa shape index (κ3) is 2.85. The average Bonchev–Trinajstić information content (AvgIpc) is 2.63. The second-order valence-corrected chi connectivity index (χ2v) is 6.34. The van der Waals surface area contributed by atoms with Crippen LogP contribution in [0.2, 0.25) is 0 Å². The van der Waals surface area contributed by atoms with Gasteiger partial charge in [-0.25, -0.2) is 4.98 Å². The number of H-pyrrole nitrogens is 1. The van der Waals surface area contributed by atoms with Gasteiger partial charge in [0.15, 0.2) is 0 Å². The Bertz CT molecular complexity index is 1140. The molecular weight excluding hydrogens is 308 g/mol. The van der Waals surface area contributed by atoms with Crippen LogP contribution in [0.1, 0.15) is 11.1 Å². The van der Waals surface area contributed by atoms with Gasteiger partial charge in [-0.05, 0) is 42.7 Å². The molecule has 4 rings (SSSR count). The summed E-state index contributed by atoms with van der Waals surface area (Å²) in [4.78, 5) is 20.0. The van der Waals surface area contributed by atoms with Gasteiger partial charge in [0.2, 0.25) is 0 Å². The first-order valence-electron chi connectivity index (χ1n) is 8.29. The lowest BCUT2D eigenvalue weighted by Crippen LogP contribution is -2.10. The Morgan fingerprint density at radius 3 is 2.28 bits per heavy atom. The molecule has 0 aliphatic carbocycles. The van der Waals surface area contributed by atoms with Crippen molar-refractivity contribution in [2.75, 3.05) is 0 Å². The van der Waals surface area contributed by atoms with E-state index in [1.165, 1.54) is 5.56 Å². The third-order valence-electron chi connectivity index (χ3n) is 4.43. The summed E-state index contributed by atoms with van der Waals surface area (Å²) in [5.74, 6) is 0.598. The number of benzene rings is 3. The molecule has 0 saturated carbocycles. The SMILES string of the molecule is Cc1cccc(-c2cccc(-c3nc4c(C)cccc4c(=O)[nH]3)c2)c1. The number of fused-ring (bicyclic) bond motifs is 1. The lowest BCUT2D eigenvalue weighted by molar-refractivity contribution is 1.17. The summed E-state index contributed by atoms with van der Waals surface area (Å²) in [5.41, 5.74) is 6.03. The van der Waals surface area contributed by atoms with Gasteiger partial charge < -0.3 is 4.98 Å². The number of para-hydroxylation sites is 1. The smallest absolute Gasteiger partial charge is 0.259 e. The van der Waals surface area contributed by atoms with Crippen LogP contribution in [0.3, 0.4) is 0 Å². The van der Waals surface area contributed by atoms with E-state index in [1.807, 2.05) is 31.2 Å². The summed E-state index contributed by atoms with van der Waals surface area (Å²) in [6.45, 7) is 4.06. The molecule has 1 heterocycles.